The van der Waals surface area contributed by atoms with Crippen LogP contribution in [0, 0.1) is 11.7 Å². The average Bonchev–Trinajstić information content (AvgIpc) is 2.67. The first kappa shape index (κ1) is 17.9. The van der Waals surface area contributed by atoms with Crippen molar-refractivity contribution in [3.8, 4) is 11.1 Å². The summed E-state index contributed by atoms with van der Waals surface area (Å²) in [6.07, 6.45) is 10.0. The van der Waals surface area contributed by atoms with E-state index in [1.54, 1.807) is 6.07 Å². The van der Waals surface area contributed by atoms with E-state index in [1.165, 1.54) is 37.7 Å². The number of halogens is 1. The monoisotopic (exact) mass is 336 g/mol. The van der Waals surface area contributed by atoms with E-state index in [4.69, 9.17) is 0 Å². The molecule has 0 aromatic heterocycles. The Morgan fingerprint density at radius 1 is 1.00 bits per heavy atom. The summed E-state index contributed by atoms with van der Waals surface area (Å²) in [6.45, 7) is 6.01. The van der Waals surface area contributed by atoms with Crippen LogP contribution in [0.15, 0.2) is 55.1 Å². The summed E-state index contributed by atoms with van der Waals surface area (Å²) in [7, 11) is 0. The molecule has 25 heavy (non-hydrogen) atoms. The molecular weight excluding hydrogens is 307 g/mol. The van der Waals surface area contributed by atoms with Gasteiger partial charge in [0.15, 0.2) is 0 Å². The molecule has 2 aromatic rings. The van der Waals surface area contributed by atoms with Gasteiger partial charge < -0.3 is 0 Å². The molecule has 1 aliphatic rings. The van der Waals surface area contributed by atoms with Gasteiger partial charge in [0.1, 0.15) is 5.82 Å². The standard InChI is InChI=1S/C24H29F/c1-3-5-6-22-15-16-23(17-24(22)25)21-13-11-20(12-14-21)19-9-7-18(4-2)8-10-19/h3,11-19H,1,4-10H2,2H3. The van der Waals surface area contributed by atoms with Gasteiger partial charge in [0.2, 0.25) is 0 Å². The van der Waals surface area contributed by atoms with E-state index >= 15 is 0 Å². The molecule has 0 atom stereocenters. The van der Waals surface area contributed by atoms with Crippen molar-refractivity contribution in [2.45, 2.75) is 57.8 Å². The van der Waals surface area contributed by atoms with E-state index in [-0.39, 0.29) is 5.82 Å². The summed E-state index contributed by atoms with van der Waals surface area (Å²) in [5.74, 6) is 1.52. The molecule has 0 spiro atoms. The Hall–Kier alpha value is -1.89. The molecule has 0 saturated heterocycles. The summed E-state index contributed by atoms with van der Waals surface area (Å²) in [5, 5.41) is 0. The van der Waals surface area contributed by atoms with E-state index in [9.17, 15) is 4.39 Å². The van der Waals surface area contributed by atoms with E-state index < -0.39 is 0 Å². The van der Waals surface area contributed by atoms with Crippen LogP contribution >= 0.6 is 0 Å². The first-order valence-electron chi connectivity index (χ1n) is 9.71. The molecular formula is C24H29F. The van der Waals surface area contributed by atoms with Gasteiger partial charge in [-0.3, -0.25) is 0 Å². The summed E-state index contributed by atoms with van der Waals surface area (Å²) in [4.78, 5) is 0. The fraction of sp³-hybridized carbons (Fsp3) is 0.417. The normalized spacial score (nSPS) is 20.4. The molecule has 0 unspecified atom stereocenters. The molecule has 1 heteroatoms. The number of benzene rings is 2. The number of rotatable bonds is 6. The Balaban J connectivity index is 1.70. The summed E-state index contributed by atoms with van der Waals surface area (Å²) < 4.78 is 14.3. The lowest BCUT2D eigenvalue weighted by molar-refractivity contribution is 0.319. The lowest BCUT2D eigenvalue weighted by atomic mass is 9.77. The highest BCUT2D eigenvalue weighted by Crippen LogP contribution is 2.37. The molecule has 1 saturated carbocycles. The lowest BCUT2D eigenvalue weighted by Gasteiger charge is -2.28. The molecule has 0 nitrogen and oxygen atoms in total. The first-order chi connectivity index (χ1) is 12.2. The van der Waals surface area contributed by atoms with Crippen LogP contribution in [-0.2, 0) is 6.42 Å². The zero-order valence-electron chi connectivity index (χ0n) is 15.3. The summed E-state index contributed by atoms with van der Waals surface area (Å²) >= 11 is 0. The van der Waals surface area contributed by atoms with Gasteiger partial charge in [-0.05, 0) is 78.7 Å². The van der Waals surface area contributed by atoms with Crippen LogP contribution in [0.1, 0.15) is 62.5 Å². The Morgan fingerprint density at radius 3 is 2.28 bits per heavy atom. The van der Waals surface area contributed by atoms with Crippen LogP contribution in [0.4, 0.5) is 4.39 Å². The summed E-state index contributed by atoms with van der Waals surface area (Å²) in [5.41, 5.74) is 4.27. The van der Waals surface area contributed by atoms with Gasteiger partial charge in [-0.15, -0.1) is 6.58 Å². The molecule has 0 aliphatic heterocycles. The molecule has 0 heterocycles. The Bertz CT molecular complexity index is 691. The molecule has 1 fully saturated rings. The molecule has 1 aliphatic carbocycles. The van der Waals surface area contributed by atoms with Gasteiger partial charge in [0, 0.05) is 0 Å². The van der Waals surface area contributed by atoms with Crippen LogP contribution in [0.5, 0.6) is 0 Å². The van der Waals surface area contributed by atoms with E-state index in [0.717, 1.165) is 35.4 Å². The first-order valence-corrected chi connectivity index (χ1v) is 9.71. The van der Waals surface area contributed by atoms with Gasteiger partial charge in [0.05, 0.1) is 0 Å². The smallest absolute Gasteiger partial charge is 0.127 e. The largest absolute Gasteiger partial charge is 0.207 e. The molecule has 0 radical (unpaired) electrons. The maximum Gasteiger partial charge on any atom is 0.127 e. The maximum absolute atomic E-state index is 14.3. The molecule has 0 amide bonds. The zero-order valence-corrected chi connectivity index (χ0v) is 15.3. The van der Waals surface area contributed by atoms with Crippen molar-refractivity contribution in [1.29, 1.82) is 0 Å². The average molecular weight is 336 g/mol. The molecule has 3 rings (SSSR count). The second-order valence-corrected chi connectivity index (χ2v) is 7.38. The molecule has 2 aromatic carbocycles. The van der Waals surface area contributed by atoms with Gasteiger partial charge in [-0.25, -0.2) is 4.39 Å². The van der Waals surface area contributed by atoms with E-state index in [2.05, 4.69) is 37.8 Å². The van der Waals surface area contributed by atoms with Gasteiger partial charge in [0.25, 0.3) is 0 Å². The van der Waals surface area contributed by atoms with Gasteiger partial charge >= 0.3 is 0 Å². The highest BCUT2D eigenvalue weighted by atomic mass is 19.1. The minimum atomic E-state index is -0.110. The maximum atomic E-state index is 14.3. The fourth-order valence-electron chi connectivity index (χ4n) is 4.04. The van der Waals surface area contributed by atoms with Crippen molar-refractivity contribution in [2.75, 3.05) is 0 Å². The third-order valence-corrected chi connectivity index (χ3v) is 5.81. The molecule has 0 N–H and O–H groups in total. The van der Waals surface area contributed by atoms with E-state index in [0.29, 0.717) is 5.92 Å². The van der Waals surface area contributed by atoms with Crippen LogP contribution in [-0.4, -0.2) is 0 Å². The van der Waals surface area contributed by atoms with Crippen LogP contribution in [0.25, 0.3) is 11.1 Å². The van der Waals surface area contributed by atoms with Crippen LogP contribution in [0.3, 0.4) is 0 Å². The number of hydrogen-bond donors (Lipinski definition) is 0. The Morgan fingerprint density at radius 2 is 1.68 bits per heavy atom. The Kier molecular flexibility index (Phi) is 6.07. The summed E-state index contributed by atoms with van der Waals surface area (Å²) in [6, 6.07) is 14.4. The van der Waals surface area contributed by atoms with Crippen molar-refractivity contribution >= 4 is 0 Å². The van der Waals surface area contributed by atoms with E-state index in [1.807, 2.05) is 18.2 Å². The quantitative estimate of drug-likeness (QED) is 0.486. The van der Waals surface area contributed by atoms with Crippen molar-refractivity contribution in [2.24, 2.45) is 5.92 Å². The number of hydrogen-bond acceptors (Lipinski definition) is 0. The Labute approximate surface area is 151 Å². The number of allylic oxidation sites excluding steroid dienone is 1. The predicted molar refractivity (Wildman–Crippen MR) is 105 cm³/mol. The molecule has 132 valence electrons. The fourth-order valence-corrected chi connectivity index (χ4v) is 4.04. The topological polar surface area (TPSA) is 0 Å². The van der Waals surface area contributed by atoms with Crippen molar-refractivity contribution in [3.63, 3.8) is 0 Å². The second-order valence-electron chi connectivity index (χ2n) is 7.38. The SMILES string of the molecule is C=CCCc1ccc(-c2ccc(C3CCC(CC)CC3)cc2)cc1F. The van der Waals surface area contributed by atoms with Crippen molar-refractivity contribution in [1.82, 2.24) is 0 Å². The van der Waals surface area contributed by atoms with Crippen molar-refractivity contribution < 1.29 is 4.39 Å². The van der Waals surface area contributed by atoms with Crippen LogP contribution < -0.4 is 0 Å². The van der Waals surface area contributed by atoms with Crippen LogP contribution in [0.2, 0.25) is 0 Å². The third-order valence-electron chi connectivity index (χ3n) is 5.81. The molecule has 0 bridgehead atoms. The van der Waals surface area contributed by atoms with Gasteiger partial charge in [-0.1, -0.05) is 55.8 Å². The van der Waals surface area contributed by atoms with Crippen molar-refractivity contribution in [3.05, 3.63) is 72.1 Å². The lowest BCUT2D eigenvalue weighted by Crippen LogP contribution is -2.12. The zero-order chi connectivity index (χ0) is 17.6. The highest BCUT2D eigenvalue weighted by Gasteiger charge is 2.21. The number of aryl methyl sites for hydroxylation is 1. The van der Waals surface area contributed by atoms with Gasteiger partial charge in [-0.2, -0.15) is 0 Å². The minimum absolute atomic E-state index is 0.110. The highest BCUT2D eigenvalue weighted by molar-refractivity contribution is 5.64. The third kappa shape index (κ3) is 4.39. The predicted octanol–water partition coefficient (Wildman–Crippen LogP) is 7.30. The second kappa shape index (κ2) is 8.47. The minimum Gasteiger partial charge on any atom is -0.207 e.